The quantitative estimate of drug-likeness (QED) is 0.526. The summed E-state index contributed by atoms with van der Waals surface area (Å²) in [6.07, 6.45) is 0. The second kappa shape index (κ2) is 9.43. The maximum absolute atomic E-state index is 13.3. The Morgan fingerprint density at radius 2 is 1.85 bits per heavy atom. The van der Waals surface area contributed by atoms with Gasteiger partial charge in [-0.1, -0.05) is 24.6 Å². The van der Waals surface area contributed by atoms with E-state index in [2.05, 4.69) is 0 Å². The van der Waals surface area contributed by atoms with Crippen LogP contribution in [-0.2, 0) is 10.0 Å². The second-order valence-electron chi connectivity index (χ2n) is 5.49. The zero-order chi connectivity index (χ0) is 19.5. The van der Waals surface area contributed by atoms with E-state index in [1.807, 2.05) is 0 Å². The number of non-ortho nitro benzene ring substituents is 1. The summed E-state index contributed by atoms with van der Waals surface area (Å²) in [7, 11) is -3.89. The predicted octanol–water partition coefficient (Wildman–Crippen LogP) is 3.52. The Balaban J connectivity index is 0.00000364. The Labute approximate surface area is 167 Å². The summed E-state index contributed by atoms with van der Waals surface area (Å²) in [5.74, 6) is -0.589. The highest BCUT2D eigenvalue weighted by Crippen LogP contribution is 2.24. The number of rotatable bonds is 7. The molecule has 0 amide bonds. The molecule has 2 rings (SSSR count). The molecule has 0 fully saturated rings. The van der Waals surface area contributed by atoms with Gasteiger partial charge in [0.15, 0.2) is 0 Å². The van der Waals surface area contributed by atoms with Crippen molar-refractivity contribution in [2.45, 2.75) is 17.9 Å². The normalized spacial score (nSPS) is 12.5. The van der Waals surface area contributed by atoms with Crippen LogP contribution in [0.4, 0.5) is 10.1 Å². The first-order valence-electron chi connectivity index (χ1n) is 7.62. The lowest BCUT2D eigenvalue weighted by atomic mass is 10.1. The number of halogens is 3. The zero-order valence-corrected chi connectivity index (χ0v) is 16.6. The van der Waals surface area contributed by atoms with E-state index in [1.165, 1.54) is 30.3 Å². The minimum absolute atomic E-state index is 0. The van der Waals surface area contributed by atoms with Crippen LogP contribution in [0.5, 0.6) is 0 Å². The van der Waals surface area contributed by atoms with Crippen LogP contribution >= 0.6 is 24.0 Å². The van der Waals surface area contributed by atoms with Crippen molar-refractivity contribution in [2.75, 3.05) is 13.1 Å². The summed E-state index contributed by atoms with van der Waals surface area (Å²) in [4.78, 5) is 10.0. The molecule has 0 aromatic heterocycles. The first-order valence-corrected chi connectivity index (χ1v) is 9.43. The van der Waals surface area contributed by atoms with Crippen molar-refractivity contribution in [1.82, 2.24) is 4.31 Å². The van der Waals surface area contributed by atoms with Crippen LogP contribution in [-0.4, -0.2) is 30.7 Å². The van der Waals surface area contributed by atoms with Gasteiger partial charge in [-0.2, -0.15) is 4.31 Å². The maximum Gasteiger partial charge on any atom is 0.269 e. The molecule has 1 atom stereocenters. The Bertz CT molecular complexity index is 910. The van der Waals surface area contributed by atoms with Crippen LogP contribution in [0.3, 0.4) is 0 Å². The molecule has 0 bridgehead atoms. The number of nitrogens with zero attached hydrogens (tertiary/aromatic N) is 2. The molecular weight excluding hydrogens is 420 g/mol. The summed E-state index contributed by atoms with van der Waals surface area (Å²) in [5.41, 5.74) is 6.34. The SMILES string of the molecule is CCN(CC(N)c1ccc(F)c(Cl)c1)S(=O)(=O)c1ccc([N+](=O)[O-])cc1.Cl. The van der Waals surface area contributed by atoms with Crippen LogP contribution < -0.4 is 5.73 Å². The third-order valence-electron chi connectivity index (χ3n) is 3.81. The number of nitrogens with two attached hydrogens (primary N) is 1. The third kappa shape index (κ3) is 5.36. The van der Waals surface area contributed by atoms with E-state index in [-0.39, 0.29) is 41.1 Å². The Morgan fingerprint density at radius 3 is 2.33 bits per heavy atom. The summed E-state index contributed by atoms with van der Waals surface area (Å²) in [5, 5.41) is 10.6. The van der Waals surface area contributed by atoms with Crippen LogP contribution in [0.1, 0.15) is 18.5 Å². The van der Waals surface area contributed by atoms with Gasteiger partial charge in [-0.05, 0) is 29.8 Å². The second-order valence-corrected chi connectivity index (χ2v) is 7.83. The Morgan fingerprint density at radius 1 is 1.26 bits per heavy atom. The predicted molar refractivity (Wildman–Crippen MR) is 103 cm³/mol. The molecule has 0 radical (unpaired) electrons. The van der Waals surface area contributed by atoms with Crippen LogP contribution in [0.25, 0.3) is 0 Å². The third-order valence-corrected chi connectivity index (χ3v) is 6.05. The van der Waals surface area contributed by atoms with Gasteiger partial charge in [-0.15, -0.1) is 12.4 Å². The lowest BCUT2D eigenvalue weighted by molar-refractivity contribution is -0.384. The molecule has 0 saturated heterocycles. The minimum Gasteiger partial charge on any atom is -0.323 e. The lowest BCUT2D eigenvalue weighted by Gasteiger charge is -2.24. The van der Waals surface area contributed by atoms with Crippen LogP contribution in [0.15, 0.2) is 47.4 Å². The van der Waals surface area contributed by atoms with E-state index in [9.17, 15) is 22.9 Å². The fourth-order valence-corrected chi connectivity index (χ4v) is 4.02. The van der Waals surface area contributed by atoms with E-state index in [0.29, 0.717) is 5.56 Å². The lowest BCUT2D eigenvalue weighted by Crippen LogP contribution is -2.37. The minimum atomic E-state index is -3.89. The molecule has 27 heavy (non-hydrogen) atoms. The highest BCUT2D eigenvalue weighted by atomic mass is 35.5. The molecule has 0 saturated carbocycles. The summed E-state index contributed by atoms with van der Waals surface area (Å²) < 4.78 is 39.9. The topological polar surface area (TPSA) is 107 Å². The van der Waals surface area contributed by atoms with Gasteiger partial charge in [-0.25, -0.2) is 12.8 Å². The number of hydrogen-bond acceptors (Lipinski definition) is 5. The molecule has 148 valence electrons. The van der Waals surface area contributed by atoms with Gasteiger partial charge >= 0.3 is 0 Å². The van der Waals surface area contributed by atoms with Gasteiger partial charge in [0, 0.05) is 31.3 Å². The molecule has 1 unspecified atom stereocenters. The number of hydrogen-bond donors (Lipinski definition) is 1. The first-order chi connectivity index (χ1) is 12.2. The summed E-state index contributed by atoms with van der Waals surface area (Å²) >= 11 is 5.74. The van der Waals surface area contributed by atoms with Gasteiger partial charge in [0.2, 0.25) is 10.0 Å². The molecule has 0 heterocycles. The van der Waals surface area contributed by atoms with Crippen LogP contribution in [0, 0.1) is 15.9 Å². The van der Waals surface area contributed by atoms with Gasteiger partial charge in [0.05, 0.1) is 14.8 Å². The van der Waals surface area contributed by atoms with Crippen molar-refractivity contribution < 1.29 is 17.7 Å². The number of likely N-dealkylation sites (N-methyl/N-ethyl adjacent to an activating group) is 1. The van der Waals surface area contributed by atoms with Gasteiger partial charge in [0.25, 0.3) is 5.69 Å². The smallest absolute Gasteiger partial charge is 0.269 e. The monoisotopic (exact) mass is 437 g/mol. The molecular formula is C16H18Cl2FN3O4S. The largest absolute Gasteiger partial charge is 0.323 e. The molecule has 2 aromatic carbocycles. The molecule has 0 spiro atoms. The van der Waals surface area contributed by atoms with Crippen molar-refractivity contribution in [3.8, 4) is 0 Å². The van der Waals surface area contributed by atoms with E-state index >= 15 is 0 Å². The highest BCUT2D eigenvalue weighted by molar-refractivity contribution is 7.89. The summed E-state index contributed by atoms with van der Waals surface area (Å²) in [6, 6.07) is 7.85. The number of sulfonamides is 1. The van der Waals surface area contributed by atoms with Gasteiger partial charge in [-0.3, -0.25) is 10.1 Å². The fourth-order valence-electron chi connectivity index (χ4n) is 2.35. The van der Waals surface area contributed by atoms with Gasteiger partial charge < -0.3 is 5.73 Å². The average Bonchev–Trinajstić information content (AvgIpc) is 2.61. The van der Waals surface area contributed by atoms with E-state index in [4.69, 9.17) is 17.3 Å². The molecule has 2 aromatic rings. The van der Waals surface area contributed by atoms with Crippen molar-refractivity contribution in [1.29, 1.82) is 0 Å². The maximum atomic E-state index is 13.3. The number of nitro benzene ring substituents is 1. The molecule has 0 aliphatic carbocycles. The molecule has 0 aliphatic rings. The molecule has 0 aliphatic heterocycles. The van der Waals surface area contributed by atoms with E-state index < -0.39 is 26.8 Å². The standard InChI is InChI=1S/C16H17ClFN3O4S.ClH/c1-2-20(10-16(19)11-3-8-15(18)14(17)9-11)26(24,25)13-6-4-12(5-7-13)21(22)23;/h3-9,16H,2,10,19H2,1H3;1H. The highest BCUT2D eigenvalue weighted by Gasteiger charge is 2.26. The first kappa shape index (κ1) is 23.3. The Hall–Kier alpha value is -1.78. The van der Waals surface area contributed by atoms with Gasteiger partial charge in [0.1, 0.15) is 5.82 Å². The van der Waals surface area contributed by atoms with Crippen molar-refractivity contribution >= 4 is 39.7 Å². The van der Waals surface area contributed by atoms with Crippen molar-refractivity contribution in [2.24, 2.45) is 5.73 Å². The fraction of sp³-hybridized carbons (Fsp3) is 0.250. The van der Waals surface area contributed by atoms with E-state index in [0.717, 1.165) is 16.4 Å². The molecule has 2 N–H and O–H groups in total. The van der Waals surface area contributed by atoms with Crippen molar-refractivity contribution in [3.63, 3.8) is 0 Å². The Kier molecular flexibility index (Phi) is 8.12. The average molecular weight is 438 g/mol. The molecule has 11 heteroatoms. The zero-order valence-electron chi connectivity index (χ0n) is 14.2. The van der Waals surface area contributed by atoms with Crippen molar-refractivity contribution in [3.05, 3.63) is 69.0 Å². The van der Waals surface area contributed by atoms with E-state index in [1.54, 1.807) is 6.92 Å². The van der Waals surface area contributed by atoms with Crippen LogP contribution in [0.2, 0.25) is 5.02 Å². The molecule has 7 nitrogen and oxygen atoms in total. The summed E-state index contributed by atoms with van der Waals surface area (Å²) in [6.45, 7) is 1.73. The number of nitro groups is 1. The number of benzene rings is 2.